The first-order valence-corrected chi connectivity index (χ1v) is 6.32. The van der Waals surface area contributed by atoms with Crippen molar-refractivity contribution in [1.29, 1.82) is 0 Å². The molecular formula is C12H10N4O2S. The van der Waals surface area contributed by atoms with Gasteiger partial charge in [-0.25, -0.2) is 0 Å². The van der Waals surface area contributed by atoms with Crippen LogP contribution in [0, 0.1) is 0 Å². The van der Waals surface area contributed by atoms with Crippen LogP contribution >= 0.6 is 11.3 Å². The number of benzene rings is 1. The highest BCUT2D eigenvalue weighted by atomic mass is 32.1. The van der Waals surface area contributed by atoms with Crippen molar-refractivity contribution in [1.82, 2.24) is 15.1 Å². The van der Waals surface area contributed by atoms with Gasteiger partial charge in [0.2, 0.25) is 5.82 Å². The molecule has 0 radical (unpaired) electrons. The maximum atomic E-state index is 5.71. The molecule has 96 valence electrons. The van der Waals surface area contributed by atoms with Gasteiger partial charge in [-0.15, -0.1) is 11.3 Å². The molecule has 0 fully saturated rings. The van der Waals surface area contributed by atoms with E-state index in [9.17, 15) is 0 Å². The van der Waals surface area contributed by atoms with Gasteiger partial charge in [-0.3, -0.25) is 4.98 Å². The average molecular weight is 274 g/mol. The molecule has 0 unspecified atom stereocenters. The van der Waals surface area contributed by atoms with E-state index < -0.39 is 0 Å². The van der Waals surface area contributed by atoms with Crippen LogP contribution in [0.2, 0.25) is 0 Å². The van der Waals surface area contributed by atoms with Crippen LogP contribution in [-0.4, -0.2) is 22.2 Å². The summed E-state index contributed by atoms with van der Waals surface area (Å²) in [6.07, 6.45) is 1.69. The molecule has 0 amide bonds. The van der Waals surface area contributed by atoms with Crippen LogP contribution in [0.4, 0.5) is 5.69 Å². The molecule has 3 rings (SSSR count). The smallest absolute Gasteiger partial charge is 0.262 e. The van der Waals surface area contributed by atoms with Gasteiger partial charge >= 0.3 is 0 Å². The fraction of sp³-hybridized carbons (Fsp3) is 0.0833. The predicted octanol–water partition coefficient (Wildman–Crippen LogP) is 2.45. The van der Waals surface area contributed by atoms with Gasteiger partial charge in [0.05, 0.1) is 23.1 Å². The molecule has 3 aromatic rings. The van der Waals surface area contributed by atoms with Gasteiger partial charge in [0.1, 0.15) is 5.75 Å². The Balaban J connectivity index is 2.03. The first-order chi connectivity index (χ1) is 9.28. The topological polar surface area (TPSA) is 87.1 Å². The lowest BCUT2D eigenvalue weighted by Gasteiger charge is -2.05. The van der Waals surface area contributed by atoms with Crippen LogP contribution in [0.1, 0.15) is 0 Å². The molecule has 0 aliphatic heterocycles. The normalized spacial score (nSPS) is 10.6. The van der Waals surface area contributed by atoms with E-state index in [1.165, 1.54) is 11.3 Å². The summed E-state index contributed by atoms with van der Waals surface area (Å²) in [5, 5.41) is 3.93. The zero-order chi connectivity index (χ0) is 13.2. The predicted molar refractivity (Wildman–Crippen MR) is 71.8 cm³/mol. The monoisotopic (exact) mass is 274 g/mol. The van der Waals surface area contributed by atoms with Crippen molar-refractivity contribution in [2.24, 2.45) is 0 Å². The maximum Gasteiger partial charge on any atom is 0.262 e. The second-order valence-corrected chi connectivity index (χ2v) is 4.63. The van der Waals surface area contributed by atoms with Gasteiger partial charge in [-0.1, -0.05) is 5.16 Å². The molecule has 0 atom stereocenters. The van der Waals surface area contributed by atoms with E-state index in [0.717, 1.165) is 4.88 Å². The quantitative estimate of drug-likeness (QED) is 0.738. The minimum absolute atomic E-state index is 0.389. The van der Waals surface area contributed by atoms with Crippen LogP contribution in [-0.2, 0) is 0 Å². The van der Waals surface area contributed by atoms with Crippen molar-refractivity contribution < 1.29 is 9.26 Å². The number of ether oxygens (including phenoxy) is 1. The standard InChI is InChI=1S/C12H10N4O2S/c1-17-9-4-7(13)2-3-8(9)12-15-11(16-18-12)10-5-14-6-19-10/h2-6H,13H2,1H3. The van der Waals surface area contributed by atoms with Crippen molar-refractivity contribution in [3.8, 4) is 27.9 Å². The molecule has 1 aromatic carbocycles. The van der Waals surface area contributed by atoms with Crippen LogP contribution in [0.5, 0.6) is 5.75 Å². The van der Waals surface area contributed by atoms with Crippen LogP contribution in [0.3, 0.4) is 0 Å². The number of nitrogen functional groups attached to an aromatic ring is 1. The highest BCUT2D eigenvalue weighted by Gasteiger charge is 2.15. The SMILES string of the molecule is COc1cc(N)ccc1-c1nc(-c2cncs2)no1. The number of aromatic nitrogens is 3. The van der Waals surface area contributed by atoms with E-state index in [4.69, 9.17) is 15.0 Å². The third-order valence-electron chi connectivity index (χ3n) is 2.53. The summed E-state index contributed by atoms with van der Waals surface area (Å²) < 4.78 is 10.5. The number of anilines is 1. The summed E-state index contributed by atoms with van der Waals surface area (Å²) in [5.74, 6) is 1.50. The summed E-state index contributed by atoms with van der Waals surface area (Å²) in [6.45, 7) is 0. The average Bonchev–Trinajstić information content (AvgIpc) is 3.09. The summed E-state index contributed by atoms with van der Waals surface area (Å²) in [6, 6.07) is 5.26. The summed E-state index contributed by atoms with van der Waals surface area (Å²) >= 11 is 1.45. The van der Waals surface area contributed by atoms with Crippen LogP contribution in [0.15, 0.2) is 34.4 Å². The molecule has 0 aliphatic rings. The molecule has 19 heavy (non-hydrogen) atoms. The summed E-state index contributed by atoms with van der Waals surface area (Å²) in [7, 11) is 1.57. The zero-order valence-electron chi connectivity index (χ0n) is 10.0. The molecular weight excluding hydrogens is 264 g/mol. The van der Waals surface area contributed by atoms with E-state index >= 15 is 0 Å². The Kier molecular flexibility index (Phi) is 2.88. The lowest BCUT2D eigenvalue weighted by Crippen LogP contribution is -1.91. The zero-order valence-corrected chi connectivity index (χ0v) is 10.8. The molecule has 7 heteroatoms. The van der Waals surface area contributed by atoms with Crippen LogP contribution < -0.4 is 10.5 Å². The van der Waals surface area contributed by atoms with Gasteiger partial charge in [0.25, 0.3) is 5.89 Å². The third kappa shape index (κ3) is 2.15. The molecule has 2 N–H and O–H groups in total. The Morgan fingerprint density at radius 1 is 1.37 bits per heavy atom. The Hall–Kier alpha value is -2.41. The van der Waals surface area contributed by atoms with E-state index in [2.05, 4.69) is 15.1 Å². The highest BCUT2D eigenvalue weighted by molar-refractivity contribution is 7.13. The summed E-state index contributed by atoms with van der Waals surface area (Å²) in [4.78, 5) is 9.17. The molecule has 2 aromatic heterocycles. The first-order valence-electron chi connectivity index (χ1n) is 5.44. The Morgan fingerprint density at radius 3 is 3.00 bits per heavy atom. The van der Waals surface area contributed by atoms with E-state index in [1.54, 1.807) is 37.0 Å². The van der Waals surface area contributed by atoms with Gasteiger partial charge in [-0.05, 0) is 12.1 Å². The lowest BCUT2D eigenvalue weighted by atomic mass is 10.2. The molecule has 0 saturated heterocycles. The first kappa shape index (κ1) is 11.7. The summed E-state index contributed by atoms with van der Waals surface area (Å²) in [5.41, 5.74) is 8.75. The van der Waals surface area contributed by atoms with Gasteiger partial charge < -0.3 is 15.0 Å². The van der Waals surface area contributed by atoms with Crippen molar-refractivity contribution in [2.75, 3.05) is 12.8 Å². The number of nitrogens with two attached hydrogens (primary N) is 1. The third-order valence-corrected chi connectivity index (χ3v) is 3.30. The Labute approximate surface area is 112 Å². The van der Waals surface area contributed by atoms with Gasteiger partial charge in [-0.2, -0.15) is 4.98 Å². The second kappa shape index (κ2) is 4.69. The van der Waals surface area contributed by atoms with Crippen molar-refractivity contribution >= 4 is 17.0 Å². The fourth-order valence-electron chi connectivity index (χ4n) is 1.64. The number of nitrogens with zero attached hydrogens (tertiary/aromatic N) is 3. The van der Waals surface area contributed by atoms with Gasteiger partial charge in [0, 0.05) is 18.0 Å². The minimum Gasteiger partial charge on any atom is -0.496 e. The Morgan fingerprint density at radius 2 is 2.26 bits per heavy atom. The maximum absolute atomic E-state index is 5.71. The molecule has 0 saturated carbocycles. The molecule has 0 spiro atoms. The minimum atomic E-state index is 0.389. The second-order valence-electron chi connectivity index (χ2n) is 3.75. The number of rotatable bonds is 3. The van der Waals surface area contributed by atoms with E-state index in [1.807, 2.05) is 0 Å². The number of thiazole rings is 1. The molecule has 2 heterocycles. The van der Waals surface area contributed by atoms with E-state index in [0.29, 0.717) is 28.7 Å². The number of methoxy groups -OCH3 is 1. The van der Waals surface area contributed by atoms with E-state index in [-0.39, 0.29) is 0 Å². The Bertz CT molecular complexity index is 694. The molecule has 6 nitrogen and oxygen atoms in total. The van der Waals surface area contributed by atoms with Crippen LogP contribution in [0.25, 0.3) is 22.2 Å². The lowest BCUT2D eigenvalue weighted by molar-refractivity contribution is 0.405. The number of hydrogen-bond donors (Lipinski definition) is 1. The largest absolute Gasteiger partial charge is 0.496 e. The van der Waals surface area contributed by atoms with Gasteiger partial charge in [0.15, 0.2) is 0 Å². The van der Waals surface area contributed by atoms with Crippen molar-refractivity contribution in [3.63, 3.8) is 0 Å². The molecule has 0 bridgehead atoms. The molecule has 0 aliphatic carbocycles. The number of hydrogen-bond acceptors (Lipinski definition) is 7. The van der Waals surface area contributed by atoms with Crippen molar-refractivity contribution in [3.05, 3.63) is 29.9 Å². The van der Waals surface area contributed by atoms with Crippen molar-refractivity contribution in [2.45, 2.75) is 0 Å². The highest BCUT2D eigenvalue weighted by Crippen LogP contribution is 2.32. The fourth-order valence-corrected chi connectivity index (χ4v) is 2.19.